The van der Waals surface area contributed by atoms with Crippen molar-refractivity contribution in [2.24, 2.45) is 4.90 Å². The molecule has 17 heavy (non-hydrogen) atoms. The molecule has 0 fully saturated rings. The summed E-state index contributed by atoms with van der Waals surface area (Å²) in [7, 11) is -2.73. The van der Waals surface area contributed by atoms with Gasteiger partial charge in [0.05, 0.1) is 0 Å². The van der Waals surface area contributed by atoms with Crippen LogP contribution in [0.4, 0.5) is 18.0 Å². The Hall–Kier alpha value is -1.23. The second kappa shape index (κ2) is 5.40. The van der Waals surface area contributed by atoms with Crippen molar-refractivity contribution in [3.63, 3.8) is 0 Å². The van der Waals surface area contributed by atoms with Crippen LogP contribution in [0.3, 0.4) is 0 Å². The molecule has 0 aliphatic carbocycles. The number of carbonyl (C=O) groups is 1. The summed E-state index contributed by atoms with van der Waals surface area (Å²) in [6, 6.07) is 0. The van der Waals surface area contributed by atoms with Crippen LogP contribution >= 0.6 is 0 Å². The zero-order valence-electron chi connectivity index (χ0n) is 8.32. The average Bonchev–Trinajstić information content (AvgIpc) is 1.96. The van der Waals surface area contributed by atoms with Gasteiger partial charge < -0.3 is 10.3 Å². The zero-order valence-corrected chi connectivity index (χ0v) is 9.13. The number of hydrogen-bond donors (Lipinski definition) is 3. The maximum atomic E-state index is 12.0. The minimum Gasteiger partial charge on any atom is -0.431 e. The minimum absolute atomic E-state index is 0.921. The molecule has 0 aliphatic heterocycles. The van der Waals surface area contributed by atoms with E-state index in [0.717, 1.165) is 11.5 Å². The Morgan fingerprint density at radius 1 is 1.47 bits per heavy atom. The van der Waals surface area contributed by atoms with Crippen LogP contribution in [0.1, 0.15) is 0 Å². The summed E-state index contributed by atoms with van der Waals surface area (Å²) in [5, 5.41) is 10.2. The highest BCUT2D eigenvalue weighted by atomic mass is 32.2. The number of carbonyl (C=O) groups excluding carboxylic acids is 1. The highest BCUT2D eigenvalue weighted by molar-refractivity contribution is 7.90. The lowest BCUT2D eigenvalue weighted by atomic mass is 9.91. The van der Waals surface area contributed by atoms with Crippen LogP contribution in [0, 0.1) is 0 Å². The van der Waals surface area contributed by atoms with Gasteiger partial charge in [0.15, 0.2) is 11.8 Å². The summed E-state index contributed by atoms with van der Waals surface area (Å²) in [5.41, 5.74) is -5.59. The SMILES string of the molecule is [B]C(=O)NC(=NB(C)O)NS(=O)(=O)C(F)(F)F. The Labute approximate surface area is 96.1 Å². The van der Waals surface area contributed by atoms with Gasteiger partial charge in [-0.3, -0.25) is 9.70 Å². The van der Waals surface area contributed by atoms with Crippen LogP contribution in [-0.2, 0) is 10.0 Å². The summed E-state index contributed by atoms with van der Waals surface area (Å²) < 4.78 is 58.1. The van der Waals surface area contributed by atoms with Crippen LogP contribution in [0.25, 0.3) is 0 Å². The van der Waals surface area contributed by atoms with E-state index in [9.17, 15) is 26.4 Å². The quantitative estimate of drug-likeness (QED) is 0.332. The number of guanidine groups is 1. The molecule has 0 aliphatic rings. The molecular formula is C4H6B2F3N3O4S. The molecule has 13 heteroatoms. The third-order valence-electron chi connectivity index (χ3n) is 1.09. The van der Waals surface area contributed by atoms with E-state index < -0.39 is 34.3 Å². The fourth-order valence-corrected chi connectivity index (χ4v) is 1.05. The first-order chi connectivity index (χ1) is 7.45. The molecule has 0 saturated heterocycles. The smallest absolute Gasteiger partial charge is 0.431 e. The van der Waals surface area contributed by atoms with Gasteiger partial charge in [-0.15, -0.1) is 0 Å². The number of sulfonamides is 1. The molecule has 0 aromatic heterocycles. The molecule has 0 bridgehead atoms. The second-order valence-corrected chi connectivity index (χ2v) is 4.32. The lowest BCUT2D eigenvalue weighted by Gasteiger charge is -2.13. The molecule has 94 valence electrons. The Morgan fingerprint density at radius 3 is 2.24 bits per heavy atom. The van der Waals surface area contributed by atoms with Gasteiger partial charge in [0.1, 0.15) is 0 Å². The zero-order chi connectivity index (χ0) is 13.9. The van der Waals surface area contributed by atoms with Gasteiger partial charge in [0.2, 0.25) is 7.85 Å². The summed E-state index contributed by atoms with van der Waals surface area (Å²) in [4.78, 5) is 13.3. The lowest BCUT2D eigenvalue weighted by molar-refractivity contribution is -0.0442. The molecule has 0 unspecified atom stereocenters. The number of nitrogens with one attached hydrogen (secondary N) is 2. The predicted octanol–water partition coefficient (Wildman–Crippen LogP) is -1.23. The number of nitrogens with zero attached hydrogens (tertiary/aromatic N) is 1. The van der Waals surface area contributed by atoms with E-state index in [1.54, 1.807) is 0 Å². The average molecular weight is 271 g/mol. The molecule has 0 heterocycles. The first-order valence-corrected chi connectivity index (χ1v) is 5.35. The van der Waals surface area contributed by atoms with Crippen LogP contribution in [0.15, 0.2) is 4.90 Å². The third kappa shape index (κ3) is 5.58. The predicted molar refractivity (Wildman–Crippen MR) is 53.7 cm³/mol. The van der Waals surface area contributed by atoms with Crippen molar-refractivity contribution in [2.45, 2.75) is 12.3 Å². The fraction of sp³-hybridized carbons (Fsp3) is 0.500. The molecule has 7 nitrogen and oxygen atoms in total. The van der Waals surface area contributed by atoms with Crippen LogP contribution < -0.4 is 10.0 Å². The number of halogens is 3. The van der Waals surface area contributed by atoms with Gasteiger partial charge in [-0.05, 0) is 6.82 Å². The fourth-order valence-electron chi connectivity index (χ4n) is 0.573. The molecule has 0 spiro atoms. The van der Waals surface area contributed by atoms with Gasteiger partial charge in [-0.2, -0.15) is 21.6 Å². The first kappa shape index (κ1) is 15.8. The van der Waals surface area contributed by atoms with Gasteiger partial charge in [-0.1, -0.05) is 0 Å². The molecule has 3 N–H and O–H groups in total. The van der Waals surface area contributed by atoms with E-state index in [1.165, 1.54) is 5.32 Å². The Balaban J connectivity index is 5.09. The van der Waals surface area contributed by atoms with Crippen LogP contribution in [-0.4, -0.2) is 45.6 Å². The van der Waals surface area contributed by atoms with E-state index in [1.807, 2.05) is 0 Å². The van der Waals surface area contributed by atoms with Gasteiger partial charge >= 0.3 is 22.6 Å². The monoisotopic (exact) mass is 271 g/mol. The van der Waals surface area contributed by atoms with Gasteiger partial charge in [-0.25, -0.2) is 4.72 Å². The van der Waals surface area contributed by atoms with Gasteiger partial charge in [0.25, 0.3) is 0 Å². The van der Waals surface area contributed by atoms with Crippen molar-refractivity contribution >= 4 is 36.7 Å². The number of alkyl halides is 3. The van der Waals surface area contributed by atoms with Crippen molar-refractivity contribution in [2.75, 3.05) is 0 Å². The van der Waals surface area contributed by atoms with Crippen molar-refractivity contribution < 1.29 is 31.4 Å². The van der Waals surface area contributed by atoms with Crippen molar-refractivity contribution in [1.29, 1.82) is 0 Å². The molecular weight excluding hydrogens is 265 g/mol. The van der Waals surface area contributed by atoms with Crippen molar-refractivity contribution in [1.82, 2.24) is 10.0 Å². The topological polar surface area (TPSA) is 108 Å². The standard InChI is InChI=1S/C4H6B2F3N3O4S/c1-6(14)11-3(10-2(5)13)12-17(15,16)4(7,8)9/h14H,1H3,(H2,10,11,12,13). The Bertz CT molecular complexity index is 420. The van der Waals surface area contributed by atoms with Crippen molar-refractivity contribution in [3.05, 3.63) is 0 Å². The van der Waals surface area contributed by atoms with Crippen molar-refractivity contribution in [3.8, 4) is 0 Å². The van der Waals surface area contributed by atoms with E-state index in [2.05, 4.69) is 12.7 Å². The Kier molecular flexibility index (Phi) is 5.01. The minimum atomic E-state index is -5.75. The summed E-state index contributed by atoms with van der Waals surface area (Å²) >= 11 is 0. The summed E-state index contributed by atoms with van der Waals surface area (Å²) in [5.74, 6) is -2.49. The third-order valence-corrected chi connectivity index (χ3v) is 2.16. The number of amides is 1. The largest absolute Gasteiger partial charge is 0.516 e. The Morgan fingerprint density at radius 2 is 1.94 bits per heavy atom. The number of hydrogen-bond acceptors (Lipinski definition) is 5. The van der Waals surface area contributed by atoms with E-state index in [4.69, 9.17) is 5.02 Å². The molecule has 1 amide bonds. The summed E-state index contributed by atoms with van der Waals surface area (Å²) in [6.45, 7) is 1.02. The van der Waals surface area contributed by atoms with Gasteiger partial charge in [0, 0.05) is 0 Å². The number of rotatable bonds is 2. The van der Waals surface area contributed by atoms with Crippen LogP contribution in [0.2, 0.25) is 6.82 Å². The highest BCUT2D eigenvalue weighted by Crippen LogP contribution is 2.21. The maximum Gasteiger partial charge on any atom is 0.516 e. The van der Waals surface area contributed by atoms with E-state index >= 15 is 0 Å². The second-order valence-electron chi connectivity index (χ2n) is 2.65. The molecule has 0 aromatic rings. The molecule has 0 atom stereocenters. The normalized spacial score (nSPS) is 13.1. The molecule has 0 saturated carbocycles. The molecule has 0 aromatic carbocycles. The lowest BCUT2D eigenvalue weighted by Crippen LogP contribution is -2.48. The maximum absolute atomic E-state index is 12.0. The van der Waals surface area contributed by atoms with E-state index in [-0.39, 0.29) is 0 Å². The molecule has 0 rings (SSSR count). The van der Waals surface area contributed by atoms with Crippen LogP contribution in [0.5, 0.6) is 0 Å². The summed E-state index contributed by atoms with van der Waals surface area (Å²) in [6.07, 6.45) is 0. The highest BCUT2D eigenvalue weighted by Gasteiger charge is 2.46. The van der Waals surface area contributed by atoms with E-state index in [0.29, 0.717) is 0 Å². The molecule has 2 radical (unpaired) electrons. The first-order valence-electron chi connectivity index (χ1n) is 3.87.